The summed E-state index contributed by atoms with van der Waals surface area (Å²) in [4.78, 5) is 24.8. The van der Waals surface area contributed by atoms with Crippen molar-refractivity contribution in [2.24, 2.45) is 0 Å². The highest BCUT2D eigenvalue weighted by Gasteiger charge is 2.13. The molecular formula is C22H22N2O3S. The molecular weight excluding hydrogens is 372 g/mol. The number of hydrogen-bond acceptors (Lipinski definition) is 4. The molecule has 5 nitrogen and oxygen atoms in total. The number of hydrazine groups is 1. The molecule has 28 heavy (non-hydrogen) atoms. The van der Waals surface area contributed by atoms with E-state index in [0.717, 1.165) is 23.1 Å². The van der Waals surface area contributed by atoms with Crippen LogP contribution in [0.1, 0.15) is 33.3 Å². The molecule has 0 unspecified atom stereocenters. The first-order chi connectivity index (χ1) is 13.7. The molecule has 0 radical (unpaired) electrons. The third-order valence-corrected chi connectivity index (χ3v) is 5.17. The van der Waals surface area contributed by atoms with Gasteiger partial charge in [0.05, 0.1) is 4.88 Å². The molecule has 2 amide bonds. The van der Waals surface area contributed by atoms with Crippen molar-refractivity contribution in [1.82, 2.24) is 10.9 Å². The maximum atomic E-state index is 12.2. The summed E-state index contributed by atoms with van der Waals surface area (Å²) < 4.78 is 5.68. The number of hydrogen-bond donors (Lipinski definition) is 2. The fraction of sp³-hybridized carbons (Fsp3) is 0.182. The van der Waals surface area contributed by atoms with Crippen molar-refractivity contribution < 1.29 is 14.3 Å². The molecule has 2 N–H and O–H groups in total. The molecule has 6 heteroatoms. The lowest BCUT2D eigenvalue weighted by Gasteiger charge is -2.12. The van der Waals surface area contributed by atoms with E-state index >= 15 is 0 Å². The lowest BCUT2D eigenvalue weighted by Crippen LogP contribution is -2.43. The van der Waals surface area contributed by atoms with E-state index < -0.39 is 5.91 Å². The van der Waals surface area contributed by atoms with Crippen LogP contribution in [0, 0.1) is 0 Å². The SMILES string of the molecule is CCc1ccsc1C(=O)NNC(=O)COc1ccccc1Cc1ccccc1. The summed E-state index contributed by atoms with van der Waals surface area (Å²) in [5.41, 5.74) is 7.97. The molecule has 0 aliphatic heterocycles. The third kappa shape index (κ3) is 5.20. The van der Waals surface area contributed by atoms with Gasteiger partial charge in [0.1, 0.15) is 5.75 Å². The second-order valence-electron chi connectivity index (χ2n) is 6.19. The Bertz CT molecular complexity index is 938. The molecule has 144 valence electrons. The zero-order chi connectivity index (χ0) is 19.8. The summed E-state index contributed by atoms with van der Waals surface area (Å²) >= 11 is 1.35. The number of benzene rings is 2. The van der Waals surface area contributed by atoms with E-state index in [4.69, 9.17) is 4.74 Å². The van der Waals surface area contributed by atoms with Crippen LogP contribution in [-0.4, -0.2) is 18.4 Å². The van der Waals surface area contributed by atoms with Crippen molar-refractivity contribution in [1.29, 1.82) is 0 Å². The maximum absolute atomic E-state index is 12.2. The normalized spacial score (nSPS) is 10.3. The van der Waals surface area contributed by atoms with Gasteiger partial charge in [-0.2, -0.15) is 0 Å². The monoisotopic (exact) mass is 394 g/mol. The smallest absolute Gasteiger partial charge is 0.280 e. The van der Waals surface area contributed by atoms with E-state index in [0.29, 0.717) is 17.0 Å². The predicted octanol–water partition coefficient (Wildman–Crippen LogP) is 3.74. The molecule has 0 atom stereocenters. The van der Waals surface area contributed by atoms with E-state index in [1.54, 1.807) is 0 Å². The molecule has 0 bridgehead atoms. The van der Waals surface area contributed by atoms with Gasteiger partial charge in [-0.15, -0.1) is 11.3 Å². The highest BCUT2D eigenvalue weighted by molar-refractivity contribution is 7.12. The number of rotatable bonds is 7. The van der Waals surface area contributed by atoms with E-state index in [-0.39, 0.29) is 12.5 Å². The minimum Gasteiger partial charge on any atom is -0.483 e. The van der Waals surface area contributed by atoms with Crippen LogP contribution in [0.15, 0.2) is 66.0 Å². The molecule has 0 aliphatic rings. The second kappa shape index (κ2) is 9.71. The number of ether oxygens (including phenoxy) is 1. The topological polar surface area (TPSA) is 67.4 Å². The van der Waals surface area contributed by atoms with Crippen LogP contribution in [0.25, 0.3) is 0 Å². The van der Waals surface area contributed by atoms with Gasteiger partial charge >= 0.3 is 0 Å². The lowest BCUT2D eigenvalue weighted by atomic mass is 10.0. The number of nitrogens with one attached hydrogen (secondary N) is 2. The Morgan fingerprint density at radius 2 is 1.68 bits per heavy atom. The number of carbonyl (C=O) groups excluding carboxylic acids is 2. The van der Waals surface area contributed by atoms with Crippen molar-refractivity contribution in [2.45, 2.75) is 19.8 Å². The Hall–Kier alpha value is -3.12. The van der Waals surface area contributed by atoms with Crippen molar-refractivity contribution in [3.8, 4) is 5.75 Å². The van der Waals surface area contributed by atoms with Gasteiger partial charge in [0.2, 0.25) is 0 Å². The Labute approximate surface area is 168 Å². The minimum absolute atomic E-state index is 0.183. The van der Waals surface area contributed by atoms with Crippen molar-refractivity contribution in [2.75, 3.05) is 6.61 Å². The number of thiophene rings is 1. The van der Waals surface area contributed by atoms with Crippen LogP contribution in [0.4, 0.5) is 0 Å². The van der Waals surface area contributed by atoms with Gasteiger partial charge in [-0.3, -0.25) is 20.4 Å². The zero-order valence-electron chi connectivity index (χ0n) is 15.6. The van der Waals surface area contributed by atoms with Crippen LogP contribution >= 0.6 is 11.3 Å². The predicted molar refractivity (Wildman–Crippen MR) is 110 cm³/mol. The van der Waals surface area contributed by atoms with Gasteiger partial charge in [0.25, 0.3) is 11.8 Å². The third-order valence-electron chi connectivity index (χ3n) is 4.22. The zero-order valence-corrected chi connectivity index (χ0v) is 16.4. The first-order valence-corrected chi connectivity index (χ1v) is 9.95. The maximum Gasteiger partial charge on any atom is 0.280 e. The number of aryl methyl sites for hydroxylation is 1. The van der Waals surface area contributed by atoms with Crippen molar-refractivity contribution in [3.63, 3.8) is 0 Å². The summed E-state index contributed by atoms with van der Waals surface area (Å²) in [6, 6.07) is 19.6. The fourth-order valence-electron chi connectivity index (χ4n) is 2.78. The Kier molecular flexibility index (Phi) is 6.81. The Balaban J connectivity index is 1.53. The number of para-hydroxylation sites is 1. The second-order valence-corrected chi connectivity index (χ2v) is 7.11. The molecule has 0 aliphatic carbocycles. The summed E-state index contributed by atoms with van der Waals surface area (Å²) in [5, 5.41) is 1.86. The molecule has 3 aromatic rings. The average Bonchev–Trinajstić information content (AvgIpc) is 3.21. The van der Waals surface area contributed by atoms with Crippen LogP contribution in [0.3, 0.4) is 0 Å². The minimum atomic E-state index is -0.419. The Morgan fingerprint density at radius 1 is 0.929 bits per heavy atom. The number of amides is 2. The van der Waals surface area contributed by atoms with Gasteiger partial charge in [0.15, 0.2) is 6.61 Å². The quantitative estimate of drug-likeness (QED) is 0.600. The summed E-state index contributed by atoms with van der Waals surface area (Å²) in [6.07, 6.45) is 1.48. The average molecular weight is 394 g/mol. The Morgan fingerprint density at radius 3 is 2.46 bits per heavy atom. The van der Waals surface area contributed by atoms with Gasteiger partial charge < -0.3 is 4.74 Å². The first-order valence-electron chi connectivity index (χ1n) is 9.07. The summed E-state index contributed by atoms with van der Waals surface area (Å²) in [5.74, 6) is -0.0819. The largest absolute Gasteiger partial charge is 0.483 e. The molecule has 0 fully saturated rings. The molecule has 1 heterocycles. The van der Waals surface area contributed by atoms with E-state index in [1.165, 1.54) is 11.3 Å². The van der Waals surface area contributed by atoms with Crippen LogP contribution in [-0.2, 0) is 17.6 Å². The molecule has 3 rings (SSSR count). The molecule has 0 spiro atoms. The molecule has 2 aromatic carbocycles. The first kappa shape index (κ1) is 19.6. The van der Waals surface area contributed by atoms with Gasteiger partial charge in [-0.1, -0.05) is 55.5 Å². The van der Waals surface area contributed by atoms with Crippen LogP contribution < -0.4 is 15.6 Å². The number of carbonyl (C=O) groups is 2. The van der Waals surface area contributed by atoms with E-state index in [1.807, 2.05) is 73.0 Å². The van der Waals surface area contributed by atoms with Gasteiger partial charge in [0, 0.05) is 6.42 Å². The fourth-order valence-corrected chi connectivity index (χ4v) is 3.67. The van der Waals surface area contributed by atoms with Gasteiger partial charge in [-0.05, 0) is 40.6 Å². The highest BCUT2D eigenvalue weighted by atomic mass is 32.1. The molecule has 0 saturated heterocycles. The molecule has 1 aromatic heterocycles. The van der Waals surface area contributed by atoms with Crippen molar-refractivity contribution in [3.05, 3.63) is 87.6 Å². The van der Waals surface area contributed by atoms with Crippen molar-refractivity contribution >= 4 is 23.2 Å². The van der Waals surface area contributed by atoms with Gasteiger partial charge in [-0.25, -0.2) is 0 Å². The van der Waals surface area contributed by atoms with E-state index in [2.05, 4.69) is 10.9 Å². The lowest BCUT2D eigenvalue weighted by molar-refractivity contribution is -0.123. The standard InChI is InChI=1S/C22H22N2O3S/c1-2-17-12-13-28-21(17)22(26)24-23-20(25)15-27-19-11-7-6-10-18(19)14-16-8-4-3-5-9-16/h3-13H,2,14-15H2,1H3,(H,23,25)(H,24,26). The van der Waals surface area contributed by atoms with Crippen LogP contribution in [0.5, 0.6) is 5.75 Å². The summed E-state index contributed by atoms with van der Waals surface area (Å²) in [7, 11) is 0. The van der Waals surface area contributed by atoms with Crippen LogP contribution in [0.2, 0.25) is 0 Å². The summed E-state index contributed by atoms with van der Waals surface area (Å²) in [6.45, 7) is 1.80. The highest BCUT2D eigenvalue weighted by Crippen LogP contribution is 2.21. The molecule has 0 saturated carbocycles. The van der Waals surface area contributed by atoms with E-state index in [9.17, 15) is 9.59 Å².